The van der Waals surface area contributed by atoms with E-state index in [0.29, 0.717) is 11.4 Å². The molecule has 0 spiro atoms. The minimum atomic E-state index is -3.29. The number of sulfonamides is 1. The van der Waals surface area contributed by atoms with E-state index in [1.54, 1.807) is 18.3 Å². The molecule has 0 aliphatic heterocycles. The van der Waals surface area contributed by atoms with Crippen LogP contribution >= 0.6 is 11.8 Å². The van der Waals surface area contributed by atoms with Crippen molar-refractivity contribution < 1.29 is 8.42 Å². The van der Waals surface area contributed by atoms with Crippen LogP contribution in [0.4, 0.5) is 5.69 Å². The monoisotopic (exact) mass is 326 g/mol. The van der Waals surface area contributed by atoms with Crippen LogP contribution < -0.4 is 10.5 Å². The lowest BCUT2D eigenvalue weighted by atomic mass is 10.3. The highest BCUT2D eigenvalue weighted by Crippen LogP contribution is 2.19. The Labute approximate surface area is 128 Å². The molecule has 114 valence electrons. The highest BCUT2D eigenvalue weighted by atomic mass is 32.2. The van der Waals surface area contributed by atoms with Gasteiger partial charge in [0.1, 0.15) is 0 Å². The maximum absolute atomic E-state index is 11.9. The Morgan fingerprint density at radius 3 is 2.67 bits per heavy atom. The van der Waals surface area contributed by atoms with Crippen LogP contribution in [0.25, 0.3) is 0 Å². The zero-order valence-corrected chi connectivity index (χ0v) is 13.3. The average Bonchev–Trinajstić information content (AvgIpc) is 2.84. The third-order valence-electron chi connectivity index (χ3n) is 2.92. The van der Waals surface area contributed by atoms with Crippen molar-refractivity contribution in [2.24, 2.45) is 0 Å². The number of nitrogens with two attached hydrogens (primary N) is 1. The fraction of sp³-hybridized carbons (Fsp3) is 0.308. The molecular formula is C13H18N4O2S2. The molecule has 0 radical (unpaired) electrons. The fourth-order valence-electron chi connectivity index (χ4n) is 1.65. The number of rotatable bonds is 7. The van der Waals surface area contributed by atoms with E-state index in [2.05, 4.69) is 14.9 Å². The molecule has 0 amide bonds. The molecule has 21 heavy (non-hydrogen) atoms. The number of nitrogens with zero attached hydrogens (tertiary/aromatic N) is 1. The third-order valence-corrected chi connectivity index (χ3v) is 5.52. The number of benzene rings is 1. The molecular weight excluding hydrogens is 308 g/mol. The lowest BCUT2D eigenvalue weighted by Crippen LogP contribution is -2.27. The van der Waals surface area contributed by atoms with Crippen LogP contribution in [0.3, 0.4) is 0 Å². The van der Waals surface area contributed by atoms with Crippen LogP contribution in [0.15, 0.2) is 35.4 Å². The topological polar surface area (TPSA) is 101 Å². The number of anilines is 1. The molecule has 0 atom stereocenters. The SMILES string of the molecule is Cc1[nH]ncc1CNS(=O)(=O)CCSc1ccc(N)cc1. The Kier molecular flexibility index (Phi) is 5.27. The summed E-state index contributed by atoms with van der Waals surface area (Å²) in [6.07, 6.45) is 1.63. The molecule has 0 unspecified atom stereocenters. The summed E-state index contributed by atoms with van der Waals surface area (Å²) in [5.74, 6) is 0.558. The summed E-state index contributed by atoms with van der Waals surface area (Å²) in [7, 11) is -3.29. The highest BCUT2D eigenvalue weighted by Gasteiger charge is 2.11. The van der Waals surface area contributed by atoms with Crippen LogP contribution in [-0.2, 0) is 16.6 Å². The van der Waals surface area contributed by atoms with Gasteiger partial charge < -0.3 is 5.73 Å². The number of nitrogens with one attached hydrogen (secondary N) is 2. The average molecular weight is 326 g/mol. The van der Waals surface area contributed by atoms with Crippen molar-refractivity contribution in [3.63, 3.8) is 0 Å². The second-order valence-corrected chi connectivity index (χ2v) is 7.67. The molecule has 4 N–H and O–H groups in total. The van der Waals surface area contributed by atoms with Crippen molar-refractivity contribution >= 4 is 27.5 Å². The van der Waals surface area contributed by atoms with E-state index in [0.717, 1.165) is 16.2 Å². The van der Waals surface area contributed by atoms with Crippen LogP contribution in [0, 0.1) is 6.92 Å². The standard InChI is InChI=1S/C13H18N4O2S2/c1-10-11(8-15-17-10)9-16-21(18,19)7-6-20-13-4-2-12(14)3-5-13/h2-5,8,16H,6-7,9,14H2,1H3,(H,15,17). The summed E-state index contributed by atoms with van der Waals surface area (Å²) in [4.78, 5) is 1.00. The summed E-state index contributed by atoms with van der Waals surface area (Å²) in [5.41, 5.74) is 8.02. The summed E-state index contributed by atoms with van der Waals surface area (Å²) in [5, 5.41) is 6.63. The molecule has 0 aliphatic carbocycles. The predicted octanol–water partition coefficient (Wildman–Crippen LogP) is 1.51. The normalized spacial score (nSPS) is 11.7. The Balaban J connectivity index is 1.78. The van der Waals surface area contributed by atoms with Crippen LogP contribution in [0.1, 0.15) is 11.3 Å². The molecule has 1 aromatic heterocycles. The van der Waals surface area contributed by atoms with Crippen LogP contribution in [0.5, 0.6) is 0 Å². The Morgan fingerprint density at radius 1 is 1.33 bits per heavy atom. The maximum atomic E-state index is 11.9. The third kappa shape index (κ3) is 5.07. The summed E-state index contributed by atoms with van der Waals surface area (Å²) in [6.45, 7) is 2.12. The van der Waals surface area contributed by atoms with Gasteiger partial charge in [-0.3, -0.25) is 5.10 Å². The molecule has 1 aromatic carbocycles. The number of thioether (sulfide) groups is 1. The van der Waals surface area contributed by atoms with Crippen molar-refractivity contribution in [1.82, 2.24) is 14.9 Å². The quantitative estimate of drug-likeness (QED) is 0.529. The Hall–Kier alpha value is -1.51. The molecule has 0 saturated carbocycles. The van der Waals surface area contributed by atoms with Gasteiger partial charge in [0.15, 0.2) is 0 Å². The first-order valence-electron chi connectivity index (χ1n) is 6.41. The van der Waals surface area contributed by atoms with E-state index in [1.165, 1.54) is 11.8 Å². The fourth-order valence-corrected chi connectivity index (χ4v) is 3.94. The van der Waals surface area contributed by atoms with E-state index < -0.39 is 10.0 Å². The van der Waals surface area contributed by atoms with Crippen molar-refractivity contribution in [2.75, 3.05) is 17.2 Å². The lowest BCUT2D eigenvalue weighted by molar-refractivity contribution is 0.583. The molecule has 6 nitrogen and oxygen atoms in total. The van der Waals surface area contributed by atoms with E-state index in [9.17, 15) is 8.42 Å². The smallest absolute Gasteiger partial charge is 0.212 e. The number of aromatic amines is 1. The van der Waals surface area contributed by atoms with E-state index in [1.807, 2.05) is 19.1 Å². The van der Waals surface area contributed by atoms with E-state index >= 15 is 0 Å². The zero-order valence-electron chi connectivity index (χ0n) is 11.7. The van der Waals surface area contributed by atoms with Gasteiger partial charge in [0, 0.05) is 34.1 Å². The van der Waals surface area contributed by atoms with Gasteiger partial charge in [0.2, 0.25) is 10.0 Å². The van der Waals surface area contributed by atoms with Crippen molar-refractivity contribution in [1.29, 1.82) is 0 Å². The number of H-pyrrole nitrogens is 1. The van der Waals surface area contributed by atoms with Gasteiger partial charge in [-0.1, -0.05) is 0 Å². The van der Waals surface area contributed by atoms with Gasteiger partial charge in [0.25, 0.3) is 0 Å². The number of aromatic nitrogens is 2. The number of hydrogen-bond donors (Lipinski definition) is 3. The Morgan fingerprint density at radius 2 is 2.05 bits per heavy atom. The molecule has 0 bridgehead atoms. The van der Waals surface area contributed by atoms with Gasteiger partial charge in [-0.05, 0) is 31.2 Å². The van der Waals surface area contributed by atoms with Gasteiger partial charge in [-0.2, -0.15) is 5.10 Å². The molecule has 0 fully saturated rings. The second kappa shape index (κ2) is 6.97. The molecule has 2 aromatic rings. The molecule has 1 heterocycles. The van der Waals surface area contributed by atoms with Gasteiger partial charge in [-0.25, -0.2) is 13.1 Å². The van der Waals surface area contributed by atoms with E-state index in [-0.39, 0.29) is 12.3 Å². The summed E-state index contributed by atoms with van der Waals surface area (Å²) >= 11 is 1.49. The molecule has 0 aliphatic rings. The minimum Gasteiger partial charge on any atom is -0.399 e. The largest absolute Gasteiger partial charge is 0.399 e. The van der Waals surface area contributed by atoms with Gasteiger partial charge in [0.05, 0.1) is 11.9 Å². The van der Waals surface area contributed by atoms with E-state index in [4.69, 9.17) is 5.73 Å². The van der Waals surface area contributed by atoms with Gasteiger partial charge in [-0.15, -0.1) is 11.8 Å². The predicted molar refractivity (Wildman–Crippen MR) is 85.5 cm³/mol. The lowest BCUT2D eigenvalue weighted by Gasteiger charge is -2.06. The summed E-state index contributed by atoms with van der Waals surface area (Å²) in [6, 6.07) is 7.37. The molecule has 0 saturated heterocycles. The number of hydrogen-bond acceptors (Lipinski definition) is 5. The first kappa shape index (κ1) is 15.9. The first-order chi connectivity index (χ1) is 9.96. The maximum Gasteiger partial charge on any atom is 0.212 e. The van der Waals surface area contributed by atoms with Crippen LogP contribution in [-0.4, -0.2) is 30.1 Å². The highest BCUT2D eigenvalue weighted by molar-refractivity contribution is 8.00. The van der Waals surface area contributed by atoms with Crippen molar-refractivity contribution in [3.05, 3.63) is 41.7 Å². The zero-order chi connectivity index (χ0) is 15.3. The van der Waals surface area contributed by atoms with Crippen molar-refractivity contribution in [3.8, 4) is 0 Å². The Bertz CT molecular complexity index is 680. The summed E-state index contributed by atoms with van der Waals surface area (Å²) < 4.78 is 26.4. The van der Waals surface area contributed by atoms with Crippen molar-refractivity contribution in [2.45, 2.75) is 18.4 Å². The second-order valence-electron chi connectivity index (χ2n) is 4.58. The van der Waals surface area contributed by atoms with Crippen LogP contribution in [0.2, 0.25) is 0 Å². The van der Waals surface area contributed by atoms with Gasteiger partial charge >= 0.3 is 0 Å². The minimum absolute atomic E-state index is 0.0684. The molecule has 2 rings (SSSR count). The number of aryl methyl sites for hydroxylation is 1. The number of nitrogen functional groups attached to an aromatic ring is 1. The molecule has 8 heteroatoms. The first-order valence-corrected chi connectivity index (χ1v) is 9.04.